The molecular formula is C24H26ClFN4O. The molecule has 0 aliphatic carbocycles. The molecule has 0 saturated carbocycles. The summed E-state index contributed by atoms with van der Waals surface area (Å²) in [6, 6.07) is 14.7. The third-order valence-corrected chi connectivity index (χ3v) is 6.22. The number of benzene rings is 2. The number of rotatable bonds is 6. The van der Waals surface area contributed by atoms with Crippen LogP contribution in [0.2, 0.25) is 5.02 Å². The van der Waals surface area contributed by atoms with Crippen LogP contribution < -0.4 is 0 Å². The van der Waals surface area contributed by atoms with E-state index in [0.717, 1.165) is 37.2 Å². The first-order valence-corrected chi connectivity index (χ1v) is 10.9. The molecule has 1 atom stereocenters. The number of H-pyrrole nitrogens is 1. The summed E-state index contributed by atoms with van der Waals surface area (Å²) in [5.74, 6) is -0.206. The molecule has 0 bridgehead atoms. The highest BCUT2D eigenvalue weighted by Crippen LogP contribution is 2.30. The number of aromatic amines is 1. The summed E-state index contributed by atoms with van der Waals surface area (Å²) in [5, 5.41) is 7.68. The van der Waals surface area contributed by atoms with Crippen LogP contribution >= 0.6 is 11.6 Å². The van der Waals surface area contributed by atoms with Gasteiger partial charge in [-0.05, 0) is 37.1 Å². The fraction of sp³-hybridized carbons (Fsp3) is 0.333. The Labute approximate surface area is 186 Å². The van der Waals surface area contributed by atoms with Crippen LogP contribution in [0.1, 0.15) is 45.9 Å². The van der Waals surface area contributed by atoms with Crippen LogP contribution in [-0.2, 0) is 13.1 Å². The maximum atomic E-state index is 14.2. The number of carbonyl (C=O) groups excluding carboxylic acids is 1. The average molecular weight is 441 g/mol. The number of nitrogens with one attached hydrogen (secondary N) is 1. The van der Waals surface area contributed by atoms with Crippen molar-refractivity contribution in [3.8, 4) is 0 Å². The number of halogens is 2. The minimum atomic E-state index is -0.283. The zero-order chi connectivity index (χ0) is 21.8. The summed E-state index contributed by atoms with van der Waals surface area (Å²) in [4.78, 5) is 17.0. The van der Waals surface area contributed by atoms with Crippen LogP contribution in [0, 0.1) is 5.82 Å². The summed E-state index contributed by atoms with van der Waals surface area (Å²) >= 11 is 6.22. The van der Waals surface area contributed by atoms with E-state index in [-0.39, 0.29) is 17.6 Å². The Morgan fingerprint density at radius 3 is 2.84 bits per heavy atom. The van der Waals surface area contributed by atoms with E-state index in [2.05, 4.69) is 15.1 Å². The molecule has 3 aromatic rings. The first kappa shape index (κ1) is 21.5. The smallest absolute Gasteiger partial charge is 0.257 e. The van der Waals surface area contributed by atoms with Crippen LogP contribution in [0.25, 0.3) is 0 Å². The molecule has 1 saturated heterocycles. The maximum Gasteiger partial charge on any atom is 0.257 e. The molecule has 2 aromatic carbocycles. The van der Waals surface area contributed by atoms with E-state index < -0.39 is 0 Å². The summed E-state index contributed by atoms with van der Waals surface area (Å²) in [6.45, 7) is 2.57. The Kier molecular flexibility index (Phi) is 6.68. The second-order valence-corrected chi connectivity index (χ2v) is 8.53. The Morgan fingerprint density at radius 2 is 2.06 bits per heavy atom. The molecule has 0 unspecified atom stereocenters. The number of piperidine rings is 1. The predicted octanol–water partition coefficient (Wildman–Crippen LogP) is 4.85. The van der Waals surface area contributed by atoms with E-state index in [1.54, 1.807) is 30.3 Å². The van der Waals surface area contributed by atoms with Crippen LogP contribution in [0.3, 0.4) is 0 Å². The van der Waals surface area contributed by atoms with Gasteiger partial charge in [0.2, 0.25) is 0 Å². The van der Waals surface area contributed by atoms with Gasteiger partial charge in [-0.1, -0.05) is 48.0 Å². The number of hydrogen-bond donors (Lipinski definition) is 1. The molecular weight excluding hydrogens is 415 g/mol. The van der Waals surface area contributed by atoms with Crippen molar-refractivity contribution in [1.82, 2.24) is 20.0 Å². The van der Waals surface area contributed by atoms with Gasteiger partial charge < -0.3 is 4.90 Å². The van der Waals surface area contributed by atoms with Crippen LogP contribution in [0.5, 0.6) is 0 Å². The first-order chi connectivity index (χ1) is 15.0. The fourth-order valence-corrected chi connectivity index (χ4v) is 4.48. The largest absolute Gasteiger partial charge is 0.337 e. The van der Waals surface area contributed by atoms with Crippen LogP contribution in [-0.4, -0.2) is 46.0 Å². The number of carbonyl (C=O) groups is 1. The van der Waals surface area contributed by atoms with E-state index in [1.807, 2.05) is 30.3 Å². The lowest BCUT2D eigenvalue weighted by Crippen LogP contribution is -2.35. The molecule has 31 heavy (non-hydrogen) atoms. The molecule has 0 spiro atoms. The van der Waals surface area contributed by atoms with Crippen LogP contribution in [0.15, 0.2) is 54.7 Å². The molecule has 1 aliphatic rings. The molecule has 1 amide bonds. The second kappa shape index (κ2) is 9.62. The van der Waals surface area contributed by atoms with Gasteiger partial charge in [-0.3, -0.25) is 14.8 Å². The highest BCUT2D eigenvalue weighted by molar-refractivity contribution is 6.31. The van der Waals surface area contributed by atoms with Gasteiger partial charge in [0.05, 0.1) is 17.5 Å². The molecule has 1 fully saturated rings. The third-order valence-electron chi connectivity index (χ3n) is 5.87. The molecule has 4 rings (SSSR count). The van der Waals surface area contributed by atoms with E-state index in [4.69, 9.17) is 11.6 Å². The lowest BCUT2D eigenvalue weighted by molar-refractivity contribution is 0.0782. The Balaban J connectivity index is 1.46. The van der Waals surface area contributed by atoms with Gasteiger partial charge in [-0.2, -0.15) is 5.10 Å². The Hall–Kier alpha value is -2.70. The second-order valence-electron chi connectivity index (χ2n) is 8.12. The summed E-state index contributed by atoms with van der Waals surface area (Å²) < 4.78 is 14.2. The van der Waals surface area contributed by atoms with Crippen molar-refractivity contribution < 1.29 is 9.18 Å². The van der Waals surface area contributed by atoms with Gasteiger partial charge in [0.25, 0.3) is 5.91 Å². The molecule has 1 aromatic heterocycles. The highest BCUT2D eigenvalue weighted by atomic mass is 35.5. The maximum absolute atomic E-state index is 14.2. The minimum Gasteiger partial charge on any atom is -0.337 e. The minimum absolute atomic E-state index is 0.0538. The van der Waals surface area contributed by atoms with Crippen molar-refractivity contribution in [2.45, 2.75) is 31.8 Å². The zero-order valence-electron chi connectivity index (χ0n) is 17.5. The lowest BCUT2D eigenvalue weighted by Gasteiger charge is -2.33. The number of likely N-dealkylation sites (tertiary alicyclic amines) is 1. The zero-order valence-corrected chi connectivity index (χ0v) is 18.3. The van der Waals surface area contributed by atoms with Gasteiger partial charge in [-0.25, -0.2) is 4.39 Å². The van der Waals surface area contributed by atoms with E-state index >= 15 is 0 Å². The third kappa shape index (κ3) is 4.97. The van der Waals surface area contributed by atoms with E-state index in [1.165, 1.54) is 6.07 Å². The summed E-state index contributed by atoms with van der Waals surface area (Å²) in [6.07, 6.45) is 3.53. The number of hydrogen-bond acceptors (Lipinski definition) is 3. The average Bonchev–Trinajstić information content (AvgIpc) is 3.27. The monoisotopic (exact) mass is 440 g/mol. The van der Waals surface area contributed by atoms with Crippen molar-refractivity contribution in [3.63, 3.8) is 0 Å². The van der Waals surface area contributed by atoms with Gasteiger partial charge in [0.1, 0.15) is 5.82 Å². The predicted molar refractivity (Wildman–Crippen MR) is 119 cm³/mol. The summed E-state index contributed by atoms with van der Waals surface area (Å²) in [5.41, 5.74) is 3.06. The Bertz CT molecular complexity index is 1020. The molecule has 5 nitrogen and oxygen atoms in total. The fourth-order valence-electron chi connectivity index (χ4n) is 4.25. The Morgan fingerprint density at radius 1 is 1.26 bits per heavy atom. The number of nitrogens with zero attached hydrogens (tertiary/aromatic N) is 3. The SMILES string of the molecule is CN(Cc1ccccc1)C(=O)c1cn[nH]c1[C@@H]1CCCN(Cc2c(F)cccc2Cl)C1. The summed E-state index contributed by atoms with van der Waals surface area (Å²) in [7, 11) is 1.81. The van der Waals surface area contributed by atoms with Crippen LogP contribution in [0.4, 0.5) is 4.39 Å². The van der Waals surface area contributed by atoms with Crippen molar-refractivity contribution >= 4 is 17.5 Å². The standard InChI is InChI=1S/C24H26ClFN4O/c1-29(14-17-7-3-2-4-8-17)24(31)19-13-27-28-23(19)18-9-6-12-30(15-18)16-20-21(25)10-5-11-22(20)26/h2-5,7-8,10-11,13,18H,6,9,12,14-16H2,1H3,(H,27,28)/t18-/m1/s1. The quantitative estimate of drug-likeness (QED) is 0.595. The van der Waals surface area contributed by atoms with E-state index in [9.17, 15) is 9.18 Å². The molecule has 2 heterocycles. The molecule has 162 valence electrons. The van der Waals surface area contributed by atoms with Gasteiger partial charge in [0, 0.05) is 43.2 Å². The number of amides is 1. The first-order valence-electron chi connectivity index (χ1n) is 10.5. The van der Waals surface area contributed by atoms with Crippen molar-refractivity contribution in [2.75, 3.05) is 20.1 Å². The molecule has 0 radical (unpaired) electrons. The number of aromatic nitrogens is 2. The molecule has 1 N–H and O–H groups in total. The van der Waals surface area contributed by atoms with E-state index in [0.29, 0.717) is 29.2 Å². The molecule has 7 heteroatoms. The van der Waals surface area contributed by atoms with Crippen molar-refractivity contribution in [3.05, 3.63) is 88.0 Å². The molecule has 1 aliphatic heterocycles. The normalized spacial score (nSPS) is 16.9. The van der Waals surface area contributed by atoms with Crippen molar-refractivity contribution in [1.29, 1.82) is 0 Å². The lowest BCUT2D eigenvalue weighted by atomic mass is 9.92. The van der Waals surface area contributed by atoms with Gasteiger partial charge >= 0.3 is 0 Å². The topological polar surface area (TPSA) is 52.2 Å². The van der Waals surface area contributed by atoms with Crippen molar-refractivity contribution in [2.24, 2.45) is 0 Å². The van der Waals surface area contributed by atoms with Gasteiger partial charge in [-0.15, -0.1) is 0 Å². The highest BCUT2D eigenvalue weighted by Gasteiger charge is 2.28. The van der Waals surface area contributed by atoms with Gasteiger partial charge in [0.15, 0.2) is 0 Å².